The summed E-state index contributed by atoms with van der Waals surface area (Å²) in [6, 6.07) is 9.59. The fourth-order valence-electron chi connectivity index (χ4n) is 4.39. The van der Waals surface area contributed by atoms with Gasteiger partial charge in [-0.05, 0) is 68.2 Å². The summed E-state index contributed by atoms with van der Waals surface area (Å²) in [5, 5.41) is 3.54. The third-order valence-corrected chi connectivity index (χ3v) is 5.58. The molecule has 0 amide bonds. The van der Waals surface area contributed by atoms with Gasteiger partial charge >= 0.3 is 0 Å². The van der Waals surface area contributed by atoms with Gasteiger partial charge in [-0.15, -0.1) is 0 Å². The van der Waals surface area contributed by atoms with Crippen LogP contribution in [0.15, 0.2) is 24.3 Å². The number of benzene rings is 1. The van der Waals surface area contributed by atoms with Gasteiger partial charge in [0.2, 0.25) is 0 Å². The lowest BCUT2D eigenvalue weighted by atomic mass is 9.83. The molecule has 20 heavy (non-hydrogen) atoms. The molecule has 0 heterocycles. The molecule has 2 bridgehead atoms. The van der Waals surface area contributed by atoms with E-state index >= 15 is 0 Å². The Morgan fingerprint density at radius 2 is 1.90 bits per heavy atom. The molecule has 2 aliphatic rings. The molecule has 2 aliphatic carbocycles. The Morgan fingerprint density at radius 1 is 1.15 bits per heavy atom. The highest BCUT2D eigenvalue weighted by molar-refractivity contribution is 5.46. The molecule has 3 rings (SSSR count). The molecule has 1 aromatic carbocycles. The zero-order chi connectivity index (χ0) is 14.1. The quantitative estimate of drug-likeness (QED) is 0.876. The smallest absolute Gasteiger partial charge is 0.0361 e. The molecule has 0 radical (unpaired) electrons. The zero-order valence-corrected chi connectivity index (χ0v) is 13.1. The van der Waals surface area contributed by atoms with E-state index in [0.29, 0.717) is 6.04 Å². The Bertz CT molecular complexity index is 437. The summed E-state index contributed by atoms with van der Waals surface area (Å²) < 4.78 is 0. The van der Waals surface area contributed by atoms with Crippen LogP contribution < -0.4 is 10.2 Å². The molecular weight excluding hydrogens is 244 g/mol. The highest BCUT2D eigenvalue weighted by Crippen LogP contribution is 2.50. The van der Waals surface area contributed by atoms with Crippen molar-refractivity contribution in [2.75, 3.05) is 26.0 Å². The Balaban J connectivity index is 1.66. The molecule has 1 N–H and O–H groups in total. The van der Waals surface area contributed by atoms with Gasteiger partial charge in [-0.1, -0.05) is 18.6 Å². The van der Waals surface area contributed by atoms with Crippen LogP contribution in [0, 0.1) is 17.8 Å². The fourth-order valence-corrected chi connectivity index (χ4v) is 4.39. The Labute approximate surface area is 123 Å². The van der Waals surface area contributed by atoms with E-state index in [1.165, 1.54) is 43.4 Å². The van der Waals surface area contributed by atoms with Crippen molar-refractivity contribution in [3.8, 4) is 0 Å². The van der Waals surface area contributed by atoms with Crippen LogP contribution in [0.25, 0.3) is 0 Å². The molecule has 2 heteroatoms. The molecule has 0 aliphatic heterocycles. The number of rotatable bonds is 5. The fraction of sp³-hybridized carbons (Fsp3) is 0.667. The Kier molecular flexibility index (Phi) is 4.02. The minimum atomic E-state index is 0.524. The van der Waals surface area contributed by atoms with Crippen LogP contribution in [0.1, 0.15) is 43.7 Å². The molecule has 0 aromatic heterocycles. The molecule has 2 saturated carbocycles. The summed E-state index contributed by atoms with van der Waals surface area (Å²) in [6.45, 7) is 0. The topological polar surface area (TPSA) is 15.3 Å². The first kappa shape index (κ1) is 13.9. The highest BCUT2D eigenvalue weighted by Gasteiger charge is 2.40. The maximum atomic E-state index is 3.54. The van der Waals surface area contributed by atoms with Gasteiger partial charge in [0.15, 0.2) is 0 Å². The number of fused-ring (bicyclic) bond motifs is 2. The van der Waals surface area contributed by atoms with E-state index in [1.807, 2.05) is 0 Å². The molecule has 0 spiro atoms. The van der Waals surface area contributed by atoms with Crippen LogP contribution in [-0.2, 0) is 0 Å². The second-order valence-electron chi connectivity index (χ2n) is 7.00. The van der Waals surface area contributed by atoms with Gasteiger partial charge < -0.3 is 10.2 Å². The number of anilines is 1. The third kappa shape index (κ3) is 2.71. The van der Waals surface area contributed by atoms with E-state index in [9.17, 15) is 0 Å². The van der Waals surface area contributed by atoms with Crippen molar-refractivity contribution in [1.29, 1.82) is 0 Å². The van der Waals surface area contributed by atoms with Gasteiger partial charge in [0.1, 0.15) is 0 Å². The second kappa shape index (κ2) is 5.77. The van der Waals surface area contributed by atoms with Gasteiger partial charge in [0.05, 0.1) is 0 Å². The van der Waals surface area contributed by atoms with Gasteiger partial charge in [-0.3, -0.25) is 0 Å². The maximum Gasteiger partial charge on any atom is 0.0361 e. The number of nitrogens with zero attached hydrogens (tertiary/aromatic N) is 1. The average Bonchev–Trinajstić information content (AvgIpc) is 3.07. The SMILES string of the molecule is CNC(CC1CC2CCC1C2)c1ccc(N(C)C)cc1. The third-order valence-electron chi connectivity index (χ3n) is 5.58. The number of hydrogen-bond acceptors (Lipinski definition) is 2. The van der Waals surface area contributed by atoms with Gasteiger partial charge in [0, 0.05) is 25.8 Å². The van der Waals surface area contributed by atoms with Crippen molar-refractivity contribution in [3.05, 3.63) is 29.8 Å². The maximum absolute atomic E-state index is 3.54. The van der Waals surface area contributed by atoms with Crippen LogP contribution in [-0.4, -0.2) is 21.1 Å². The molecule has 110 valence electrons. The minimum Gasteiger partial charge on any atom is -0.378 e. The molecule has 4 unspecified atom stereocenters. The summed E-state index contributed by atoms with van der Waals surface area (Å²) >= 11 is 0. The normalized spacial score (nSPS) is 29.6. The van der Waals surface area contributed by atoms with Crippen LogP contribution >= 0.6 is 0 Å². The lowest BCUT2D eigenvalue weighted by molar-refractivity contribution is 0.284. The first-order chi connectivity index (χ1) is 9.67. The molecular formula is C18H28N2. The minimum absolute atomic E-state index is 0.524. The summed E-state index contributed by atoms with van der Waals surface area (Å²) in [6.07, 6.45) is 7.31. The van der Waals surface area contributed by atoms with E-state index in [4.69, 9.17) is 0 Å². The van der Waals surface area contributed by atoms with E-state index in [2.05, 4.69) is 55.6 Å². The largest absolute Gasteiger partial charge is 0.378 e. The van der Waals surface area contributed by atoms with Crippen LogP contribution in [0.4, 0.5) is 5.69 Å². The predicted molar refractivity (Wildman–Crippen MR) is 86.1 cm³/mol. The Hall–Kier alpha value is -1.02. The van der Waals surface area contributed by atoms with Crippen molar-refractivity contribution < 1.29 is 0 Å². The van der Waals surface area contributed by atoms with Crippen LogP contribution in [0.3, 0.4) is 0 Å². The van der Waals surface area contributed by atoms with Gasteiger partial charge in [0.25, 0.3) is 0 Å². The van der Waals surface area contributed by atoms with E-state index in [0.717, 1.165) is 17.8 Å². The second-order valence-corrected chi connectivity index (χ2v) is 7.00. The van der Waals surface area contributed by atoms with Crippen molar-refractivity contribution in [2.24, 2.45) is 17.8 Å². The standard InChI is InChI=1S/C18H28N2/c1-19-18(12-16-11-13-4-5-15(16)10-13)14-6-8-17(9-7-14)20(2)3/h6-9,13,15-16,18-19H,4-5,10-12H2,1-3H3. The molecule has 0 saturated heterocycles. The summed E-state index contributed by atoms with van der Waals surface area (Å²) in [7, 11) is 6.30. The predicted octanol–water partition coefficient (Wildman–Crippen LogP) is 3.84. The van der Waals surface area contributed by atoms with Crippen LogP contribution in [0.2, 0.25) is 0 Å². The molecule has 1 aromatic rings. The van der Waals surface area contributed by atoms with Gasteiger partial charge in [-0.2, -0.15) is 0 Å². The van der Waals surface area contributed by atoms with Crippen molar-refractivity contribution >= 4 is 5.69 Å². The van der Waals surface area contributed by atoms with E-state index in [1.54, 1.807) is 0 Å². The summed E-state index contributed by atoms with van der Waals surface area (Å²) in [5.74, 6) is 3.04. The highest BCUT2D eigenvalue weighted by atomic mass is 15.1. The van der Waals surface area contributed by atoms with Gasteiger partial charge in [-0.25, -0.2) is 0 Å². The van der Waals surface area contributed by atoms with Crippen molar-refractivity contribution in [3.63, 3.8) is 0 Å². The van der Waals surface area contributed by atoms with Crippen LogP contribution in [0.5, 0.6) is 0 Å². The number of nitrogens with one attached hydrogen (secondary N) is 1. The summed E-state index contributed by atoms with van der Waals surface area (Å²) in [4.78, 5) is 2.16. The summed E-state index contributed by atoms with van der Waals surface area (Å²) in [5.41, 5.74) is 2.73. The molecule has 2 fully saturated rings. The lowest BCUT2D eigenvalue weighted by Crippen LogP contribution is -2.22. The number of hydrogen-bond donors (Lipinski definition) is 1. The van der Waals surface area contributed by atoms with E-state index < -0.39 is 0 Å². The van der Waals surface area contributed by atoms with Crippen molar-refractivity contribution in [1.82, 2.24) is 5.32 Å². The average molecular weight is 272 g/mol. The monoisotopic (exact) mass is 272 g/mol. The lowest BCUT2D eigenvalue weighted by Gasteiger charge is -2.27. The Morgan fingerprint density at radius 3 is 2.40 bits per heavy atom. The molecule has 4 atom stereocenters. The first-order valence-electron chi connectivity index (χ1n) is 8.12. The van der Waals surface area contributed by atoms with E-state index in [-0.39, 0.29) is 0 Å². The first-order valence-corrected chi connectivity index (χ1v) is 8.12. The zero-order valence-electron chi connectivity index (χ0n) is 13.1. The van der Waals surface area contributed by atoms with Crippen molar-refractivity contribution in [2.45, 2.75) is 38.1 Å². The molecule has 2 nitrogen and oxygen atoms in total.